The summed E-state index contributed by atoms with van der Waals surface area (Å²) in [6.07, 6.45) is 1.08. The lowest BCUT2D eigenvalue weighted by Crippen LogP contribution is -2.41. The standard InChI is InChI=1S/C21H25BrN2O3S/c1-15-3-8-20(13-16(15)2)23-21(25)18-9-11-24(12-10-18)28(26,27)14-17-4-6-19(22)7-5-17/h3-8,13,18H,9-12,14H2,1-2H3,(H,23,25). The van der Waals surface area contributed by atoms with E-state index in [9.17, 15) is 13.2 Å². The summed E-state index contributed by atoms with van der Waals surface area (Å²) in [5.41, 5.74) is 3.87. The van der Waals surface area contributed by atoms with Crippen LogP contribution in [0.15, 0.2) is 46.9 Å². The second kappa shape index (κ2) is 8.76. The Kier molecular flexibility index (Phi) is 6.58. The Morgan fingerprint density at radius 3 is 2.32 bits per heavy atom. The van der Waals surface area contributed by atoms with Crippen LogP contribution in [-0.2, 0) is 20.6 Å². The number of sulfonamides is 1. The van der Waals surface area contributed by atoms with Crippen molar-refractivity contribution in [3.63, 3.8) is 0 Å². The third kappa shape index (κ3) is 5.21. The maximum absolute atomic E-state index is 12.7. The predicted octanol–water partition coefficient (Wildman–Crippen LogP) is 4.25. The largest absolute Gasteiger partial charge is 0.326 e. The highest BCUT2D eigenvalue weighted by Crippen LogP contribution is 2.24. The number of carbonyl (C=O) groups is 1. The van der Waals surface area contributed by atoms with Crippen molar-refractivity contribution in [1.82, 2.24) is 4.31 Å². The van der Waals surface area contributed by atoms with E-state index in [0.717, 1.165) is 21.3 Å². The lowest BCUT2D eigenvalue weighted by molar-refractivity contribution is -0.120. The van der Waals surface area contributed by atoms with Gasteiger partial charge in [0, 0.05) is 29.2 Å². The van der Waals surface area contributed by atoms with Gasteiger partial charge >= 0.3 is 0 Å². The maximum atomic E-state index is 12.7. The van der Waals surface area contributed by atoms with Crippen LogP contribution in [0.3, 0.4) is 0 Å². The molecule has 3 rings (SSSR count). The number of nitrogens with one attached hydrogen (secondary N) is 1. The van der Waals surface area contributed by atoms with Gasteiger partial charge in [0.25, 0.3) is 0 Å². The summed E-state index contributed by atoms with van der Waals surface area (Å²) in [6.45, 7) is 4.80. The summed E-state index contributed by atoms with van der Waals surface area (Å²) in [7, 11) is -3.38. The van der Waals surface area contributed by atoms with Gasteiger partial charge in [-0.05, 0) is 67.6 Å². The molecule has 0 spiro atoms. The minimum Gasteiger partial charge on any atom is -0.326 e. The van der Waals surface area contributed by atoms with Crippen LogP contribution in [0.5, 0.6) is 0 Å². The second-order valence-corrected chi connectivity index (χ2v) is 10.2. The second-order valence-electron chi connectivity index (χ2n) is 7.34. The van der Waals surface area contributed by atoms with Crippen LogP contribution in [0.2, 0.25) is 0 Å². The highest BCUT2D eigenvalue weighted by molar-refractivity contribution is 9.10. The molecule has 1 aliphatic heterocycles. The molecule has 28 heavy (non-hydrogen) atoms. The number of nitrogens with zero attached hydrogens (tertiary/aromatic N) is 1. The van der Waals surface area contributed by atoms with E-state index in [1.165, 1.54) is 9.87 Å². The van der Waals surface area contributed by atoms with E-state index >= 15 is 0 Å². The normalized spacial score (nSPS) is 16.1. The fourth-order valence-corrected chi connectivity index (χ4v) is 5.17. The summed E-state index contributed by atoms with van der Waals surface area (Å²) >= 11 is 3.36. The number of piperidine rings is 1. The molecule has 1 saturated heterocycles. The molecular weight excluding hydrogens is 440 g/mol. The monoisotopic (exact) mass is 464 g/mol. The highest BCUT2D eigenvalue weighted by atomic mass is 79.9. The average Bonchev–Trinajstić information content (AvgIpc) is 2.66. The van der Waals surface area contributed by atoms with Crippen LogP contribution in [0.25, 0.3) is 0 Å². The number of benzene rings is 2. The topological polar surface area (TPSA) is 66.5 Å². The van der Waals surface area contributed by atoms with Crippen LogP contribution in [0, 0.1) is 19.8 Å². The van der Waals surface area contributed by atoms with Gasteiger partial charge in [0.1, 0.15) is 0 Å². The Balaban J connectivity index is 1.56. The number of carbonyl (C=O) groups excluding carboxylic acids is 1. The smallest absolute Gasteiger partial charge is 0.227 e. The van der Waals surface area contributed by atoms with E-state index in [4.69, 9.17) is 0 Å². The number of aryl methyl sites for hydroxylation is 2. The average molecular weight is 465 g/mol. The molecule has 7 heteroatoms. The number of hydrogen-bond acceptors (Lipinski definition) is 3. The number of amides is 1. The summed E-state index contributed by atoms with van der Waals surface area (Å²) < 4.78 is 27.8. The van der Waals surface area contributed by atoms with Gasteiger partial charge in [-0.3, -0.25) is 4.79 Å². The van der Waals surface area contributed by atoms with Gasteiger partial charge in [0.15, 0.2) is 0 Å². The number of hydrogen-bond donors (Lipinski definition) is 1. The third-order valence-electron chi connectivity index (χ3n) is 5.25. The molecule has 0 aliphatic carbocycles. The van der Waals surface area contributed by atoms with Gasteiger partial charge in [0.05, 0.1) is 5.75 Å². The quantitative estimate of drug-likeness (QED) is 0.718. The molecule has 0 bridgehead atoms. The zero-order chi connectivity index (χ0) is 20.3. The maximum Gasteiger partial charge on any atom is 0.227 e. The summed E-state index contributed by atoms with van der Waals surface area (Å²) in [6, 6.07) is 13.2. The van der Waals surface area contributed by atoms with Gasteiger partial charge in [-0.15, -0.1) is 0 Å². The van der Waals surface area contributed by atoms with Gasteiger partial charge in [-0.2, -0.15) is 0 Å². The van der Waals surface area contributed by atoms with Crippen molar-refractivity contribution in [2.24, 2.45) is 5.92 Å². The van der Waals surface area contributed by atoms with E-state index < -0.39 is 10.0 Å². The molecule has 1 N–H and O–H groups in total. The lowest BCUT2D eigenvalue weighted by Gasteiger charge is -2.30. The van der Waals surface area contributed by atoms with Gasteiger partial charge in [0.2, 0.25) is 15.9 Å². The first kappa shape index (κ1) is 21.0. The van der Waals surface area contributed by atoms with E-state index in [-0.39, 0.29) is 17.6 Å². The molecule has 1 fully saturated rings. The van der Waals surface area contributed by atoms with E-state index in [1.807, 2.05) is 56.3 Å². The Hall–Kier alpha value is -1.70. The van der Waals surface area contributed by atoms with Crippen molar-refractivity contribution in [3.05, 3.63) is 63.6 Å². The molecule has 0 saturated carbocycles. The van der Waals surface area contributed by atoms with E-state index in [2.05, 4.69) is 21.2 Å². The van der Waals surface area contributed by atoms with Crippen molar-refractivity contribution in [2.45, 2.75) is 32.4 Å². The fourth-order valence-electron chi connectivity index (χ4n) is 3.34. The molecule has 2 aromatic carbocycles. The molecule has 2 aromatic rings. The zero-order valence-electron chi connectivity index (χ0n) is 16.1. The molecule has 1 aliphatic rings. The fraction of sp³-hybridized carbons (Fsp3) is 0.381. The van der Waals surface area contributed by atoms with Gasteiger partial charge < -0.3 is 5.32 Å². The third-order valence-corrected chi connectivity index (χ3v) is 7.63. The minimum absolute atomic E-state index is 0.0141. The van der Waals surface area contributed by atoms with Crippen molar-refractivity contribution >= 4 is 37.5 Å². The van der Waals surface area contributed by atoms with Crippen molar-refractivity contribution in [1.29, 1.82) is 0 Å². The molecule has 1 heterocycles. The van der Waals surface area contributed by atoms with Crippen LogP contribution in [0.4, 0.5) is 5.69 Å². The van der Waals surface area contributed by atoms with E-state index in [0.29, 0.717) is 25.9 Å². The molecule has 5 nitrogen and oxygen atoms in total. The van der Waals surface area contributed by atoms with Crippen molar-refractivity contribution < 1.29 is 13.2 Å². The highest BCUT2D eigenvalue weighted by Gasteiger charge is 2.31. The van der Waals surface area contributed by atoms with Crippen LogP contribution in [-0.4, -0.2) is 31.7 Å². The molecule has 0 radical (unpaired) electrons. The van der Waals surface area contributed by atoms with Crippen LogP contribution < -0.4 is 5.32 Å². The molecule has 1 amide bonds. The van der Waals surface area contributed by atoms with Gasteiger partial charge in [-0.1, -0.05) is 34.1 Å². The first-order chi connectivity index (χ1) is 13.2. The molecule has 0 unspecified atom stereocenters. The Morgan fingerprint density at radius 1 is 1.07 bits per heavy atom. The molecule has 0 atom stereocenters. The Bertz CT molecular complexity index is 950. The summed E-state index contributed by atoms with van der Waals surface area (Å²) in [5.74, 6) is -0.214. The number of anilines is 1. The molecular formula is C21H25BrN2O3S. The first-order valence-electron chi connectivity index (χ1n) is 9.35. The van der Waals surface area contributed by atoms with Crippen molar-refractivity contribution in [3.8, 4) is 0 Å². The minimum atomic E-state index is -3.38. The SMILES string of the molecule is Cc1ccc(NC(=O)C2CCN(S(=O)(=O)Cc3ccc(Br)cc3)CC2)cc1C. The Morgan fingerprint density at radius 2 is 1.71 bits per heavy atom. The summed E-state index contributed by atoms with van der Waals surface area (Å²) in [5, 5.41) is 2.97. The Labute approximate surface area is 175 Å². The van der Waals surface area contributed by atoms with Crippen LogP contribution in [0.1, 0.15) is 29.5 Å². The zero-order valence-corrected chi connectivity index (χ0v) is 18.5. The van der Waals surface area contributed by atoms with Crippen molar-refractivity contribution in [2.75, 3.05) is 18.4 Å². The lowest BCUT2D eigenvalue weighted by atomic mass is 9.97. The predicted molar refractivity (Wildman–Crippen MR) is 116 cm³/mol. The van der Waals surface area contributed by atoms with E-state index in [1.54, 1.807) is 0 Å². The molecule has 0 aromatic heterocycles. The number of rotatable bonds is 5. The molecule has 150 valence electrons. The number of halogens is 1. The first-order valence-corrected chi connectivity index (χ1v) is 11.8. The van der Waals surface area contributed by atoms with Gasteiger partial charge in [-0.25, -0.2) is 12.7 Å². The summed E-state index contributed by atoms with van der Waals surface area (Å²) in [4.78, 5) is 12.6. The van der Waals surface area contributed by atoms with Crippen LogP contribution >= 0.6 is 15.9 Å².